The fourth-order valence-corrected chi connectivity index (χ4v) is 3.71. The molecule has 0 saturated heterocycles. The smallest absolute Gasteiger partial charge is 0.260 e. The number of nitrogens with zero attached hydrogens (tertiary/aromatic N) is 2. The summed E-state index contributed by atoms with van der Waals surface area (Å²) in [7, 11) is -0.520. The van der Waals surface area contributed by atoms with Gasteiger partial charge in [0.2, 0.25) is 0 Å². The number of rotatable bonds is 7. The molecule has 2 aromatic heterocycles. The zero-order valence-electron chi connectivity index (χ0n) is 12.3. The Balaban J connectivity index is 2.48. The van der Waals surface area contributed by atoms with E-state index in [4.69, 9.17) is 4.74 Å². The van der Waals surface area contributed by atoms with Gasteiger partial charge < -0.3 is 10.1 Å². The van der Waals surface area contributed by atoms with Gasteiger partial charge in [0.25, 0.3) is 10.0 Å². The first kappa shape index (κ1) is 15.7. The summed E-state index contributed by atoms with van der Waals surface area (Å²) in [6, 6.07) is 5.05. The van der Waals surface area contributed by atoms with E-state index in [0.29, 0.717) is 24.5 Å². The van der Waals surface area contributed by atoms with Crippen molar-refractivity contribution in [2.45, 2.75) is 24.4 Å². The highest BCUT2D eigenvalue weighted by molar-refractivity contribution is 7.89. The Morgan fingerprint density at radius 3 is 2.81 bits per heavy atom. The number of methoxy groups -OCH3 is 1. The van der Waals surface area contributed by atoms with Gasteiger partial charge in [-0.1, -0.05) is 13.0 Å². The maximum atomic E-state index is 12.7. The molecule has 2 heterocycles. The van der Waals surface area contributed by atoms with Crippen molar-refractivity contribution in [1.29, 1.82) is 0 Å². The summed E-state index contributed by atoms with van der Waals surface area (Å²) in [5, 5.41) is 2.94. The normalized spacial score (nSPS) is 13.5. The van der Waals surface area contributed by atoms with E-state index in [-0.39, 0.29) is 11.1 Å². The van der Waals surface area contributed by atoms with Gasteiger partial charge in [-0.05, 0) is 18.6 Å². The zero-order chi connectivity index (χ0) is 15.5. The molecule has 7 nitrogen and oxygen atoms in total. The predicted octanol–water partition coefficient (Wildman–Crippen LogP) is 1.08. The maximum absolute atomic E-state index is 12.7. The number of hydrogen-bond donors (Lipinski definition) is 2. The van der Waals surface area contributed by atoms with E-state index < -0.39 is 10.0 Å². The lowest BCUT2D eigenvalue weighted by molar-refractivity contribution is 0.173. The lowest BCUT2D eigenvalue weighted by atomic mass is 10.3. The Morgan fingerprint density at radius 1 is 1.43 bits per heavy atom. The average molecular weight is 312 g/mol. The minimum atomic E-state index is -3.71. The fraction of sp³-hybridized carbons (Fsp3) is 0.462. The van der Waals surface area contributed by atoms with E-state index >= 15 is 0 Å². The Bertz CT molecular complexity index is 711. The number of fused-ring (bicyclic) bond motifs is 1. The van der Waals surface area contributed by atoms with Crippen LogP contribution in [0, 0.1) is 0 Å². The topological polar surface area (TPSA) is 84.7 Å². The fourth-order valence-electron chi connectivity index (χ4n) is 2.10. The highest BCUT2D eigenvalue weighted by Crippen LogP contribution is 2.22. The van der Waals surface area contributed by atoms with E-state index in [2.05, 4.69) is 15.0 Å². The van der Waals surface area contributed by atoms with Gasteiger partial charge in [0.15, 0.2) is 10.8 Å². The van der Waals surface area contributed by atoms with Gasteiger partial charge in [-0.15, -0.1) is 0 Å². The van der Waals surface area contributed by atoms with Crippen LogP contribution in [0.25, 0.3) is 5.65 Å². The van der Waals surface area contributed by atoms with Crippen molar-refractivity contribution in [3.05, 3.63) is 24.4 Å². The van der Waals surface area contributed by atoms with Crippen molar-refractivity contribution >= 4 is 21.5 Å². The molecule has 0 aliphatic rings. The molecule has 2 N–H and O–H groups in total. The number of nitrogens with one attached hydrogen (secondary N) is 2. The second kappa shape index (κ2) is 6.42. The molecule has 0 bridgehead atoms. The first-order valence-corrected chi connectivity index (χ1v) is 8.18. The van der Waals surface area contributed by atoms with Crippen LogP contribution in [0.3, 0.4) is 0 Å². The summed E-state index contributed by atoms with van der Waals surface area (Å²) in [5.41, 5.74) is 0.571. The van der Waals surface area contributed by atoms with Gasteiger partial charge in [-0.3, -0.25) is 4.40 Å². The number of ether oxygens (including phenoxy) is 1. The highest BCUT2D eigenvalue weighted by Gasteiger charge is 2.27. The third kappa shape index (κ3) is 3.17. The highest BCUT2D eigenvalue weighted by atomic mass is 32.2. The second-order valence-electron chi connectivity index (χ2n) is 4.63. The van der Waals surface area contributed by atoms with Crippen molar-refractivity contribution in [3.8, 4) is 0 Å². The monoisotopic (exact) mass is 312 g/mol. The number of anilines is 1. The Kier molecular flexibility index (Phi) is 4.81. The number of imidazole rings is 1. The molecule has 0 aliphatic heterocycles. The van der Waals surface area contributed by atoms with Gasteiger partial charge in [-0.2, -0.15) is 0 Å². The van der Waals surface area contributed by atoms with E-state index in [1.807, 2.05) is 13.0 Å². The molecule has 1 unspecified atom stereocenters. The summed E-state index contributed by atoms with van der Waals surface area (Å²) in [5.74, 6) is 0.320. The first-order chi connectivity index (χ1) is 10.0. The largest absolute Gasteiger partial charge is 0.383 e. The minimum absolute atomic E-state index is 0.107. The molecule has 0 spiro atoms. The SMILES string of the molecule is CCC(COC)NS(=O)(=O)c1c(NC)nc2ccccn12. The molecular weight excluding hydrogens is 292 g/mol. The molecule has 0 aromatic carbocycles. The lowest BCUT2D eigenvalue weighted by Gasteiger charge is -2.16. The minimum Gasteiger partial charge on any atom is -0.383 e. The number of sulfonamides is 1. The standard InChI is InChI=1S/C13H20N4O3S/c1-4-10(9-20-3)16-21(18,19)13-12(14-2)15-11-7-5-6-8-17(11)13/h5-8,10,14,16H,4,9H2,1-3H3. The van der Waals surface area contributed by atoms with Crippen LogP contribution in [0.4, 0.5) is 5.82 Å². The number of aromatic nitrogens is 2. The molecule has 0 saturated carbocycles. The molecule has 2 aromatic rings. The molecule has 116 valence electrons. The lowest BCUT2D eigenvalue weighted by Crippen LogP contribution is -2.38. The molecule has 21 heavy (non-hydrogen) atoms. The van der Waals surface area contributed by atoms with E-state index in [0.717, 1.165) is 0 Å². The van der Waals surface area contributed by atoms with Crippen molar-refractivity contribution < 1.29 is 13.2 Å². The third-order valence-corrected chi connectivity index (χ3v) is 4.70. The van der Waals surface area contributed by atoms with Crippen molar-refractivity contribution in [3.63, 3.8) is 0 Å². The van der Waals surface area contributed by atoms with Crippen molar-refractivity contribution in [2.24, 2.45) is 0 Å². The van der Waals surface area contributed by atoms with E-state index in [1.54, 1.807) is 36.9 Å². The molecule has 0 radical (unpaired) electrons. The molecule has 0 amide bonds. The Morgan fingerprint density at radius 2 is 2.19 bits per heavy atom. The van der Waals surface area contributed by atoms with Crippen LogP contribution in [0.2, 0.25) is 0 Å². The van der Waals surface area contributed by atoms with Crippen molar-refractivity contribution in [2.75, 3.05) is 26.1 Å². The van der Waals surface area contributed by atoms with Crippen LogP contribution in [0.15, 0.2) is 29.4 Å². The van der Waals surface area contributed by atoms with E-state index in [1.165, 1.54) is 0 Å². The quantitative estimate of drug-likeness (QED) is 0.799. The van der Waals surface area contributed by atoms with Gasteiger partial charge in [0.05, 0.1) is 6.61 Å². The van der Waals surface area contributed by atoms with Crippen LogP contribution in [0.5, 0.6) is 0 Å². The van der Waals surface area contributed by atoms with E-state index in [9.17, 15) is 8.42 Å². The summed E-state index contributed by atoms with van der Waals surface area (Å²) < 4.78 is 34.6. The molecular formula is C13H20N4O3S. The summed E-state index contributed by atoms with van der Waals surface area (Å²) >= 11 is 0. The molecule has 8 heteroatoms. The third-order valence-electron chi connectivity index (χ3n) is 3.16. The van der Waals surface area contributed by atoms with Crippen molar-refractivity contribution in [1.82, 2.24) is 14.1 Å². The van der Waals surface area contributed by atoms with Crippen LogP contribution >= 0.6 is 0 Å². The predicted molar refractivity (Wildman–Crippen MR) is 81.0 cm³/mol. The second-order valence-corrected chi connectivity index (χ2v) is 6.26. The number of pyridine rings is 1. The van der Waals surface area contributed by atoms with Crippen LogP contribution in [-0.4, -0.2) is 44.6 Å². The van der Waals surface area contributed by atoms with Gasteiger partial charge in [0, 0.05) is 26.4 Å². The summed E-state index contributed by atoms with van der Waals surface area (Å²) in [6.07, 6.45) is 2.31. The Hall–Kier alpha value is -1.64. The van der Waals surface area contributed by atoms with Gasteiger partial charge in [-0.25, -0.2) is 18.1 Å². The van der Waals surface area contributed by atoms with Crippen LogP contribution in [-0.2, 0) is 14.8 Å². The molecule has 1 atom stereocenters. The Labute approximate surface area is 124 Å². The van der Waals surface area contributed by atoms with Crippen LogP contribution in [0.1, 0.15) is 13.3 Å². The van der Waals surface area contributed by atoms with Gasteiger partial charge >= 0.3 is 0 Å². The molecule has 2 rings (SSSR count). The van der Waals surface area contributed by atoms with Crippen LogP contribution < -0.4 is 10.0 Å². The summed E-state index contributed by atoms with van der Waals surface area (Å²) in [6.45, 7) is 2.22. The number of hydrogen-bond acceptors (Lipinski definition) is 5. The first-order valence-electron chi connectivity index (χ1n) is 6.69. The van der Waals surface area contributed by atoms with Gasteiger partial charge in [0.1, 0.15) is 5.65 Å². The summed E-state index contributed by atoms with van der Waals surface area (Å²) in [4.78, 5) is 4.28. The molecule has 0 aliphatic carbocycles. The average Bonchev–Trinajstić information content (AvgIpc) is 2.85. The molecule has 0 fully saturated rings. The maximum Gasteiger partial charge on any atom is 0.260 e. The zero-order valence-corrected chi connectivity index (χ0v) is 13.1.